The number of nitrogens with one attached hydrogen (secondary N) is 3. The molecule has 0 unspecified atom stereocenters. The maximum absolute atomic E-state index is 12.2. The molecule has 1 aromatic carbocycles. The molecule has 8 nitrogen and oxygen atoms in total. The summed E-state index contributed by atoms with van der Waals surface area (Å²) in [6, 6.07) is 9.91. The van der Waals surface area contributed by atoms with Crippen LogP contribution in [0.3, 0.4) is 0 Å². The van der Waals surface area contributed by atoms with Crippen LogP contribution in [0, 0.1) is 0 Å². The van der Waals surface area contributed by atoms with E-state index in [1.165, 1.54) is 16.2 Å². The molecule has 2 aromatic rings. The molecule has 10 heteroatoms. The molecule has 154 valence electrons. The summed E-state index contributed by atoms with van der Waals surface area (Å²) in [4.78, 5) is 37.9. The van der Waals surface area contributed by atoms with Crippen molar-refractivity contribution in [3.8, 4) is 0 Å². The molecule has 0 spiro atoms. The Morgan fingerprint density at radius 3 is 2.62 bits per heavy atom. The van der Waals surface area contributed by atoms with E-state index >= 15 is 0 Å². The summed E-state index contributed by atoms with van der Waals surface area (Å²) in [5, 5.41) is 8.20. The molecular formula is C19H21ClN4O4S. The van der Waals surface area contributed by atoms with Crippen molar-refractivity contribution in [2.45, 2.75) is 19.4 Å². The van der Waals surface area contributed by atoms with Crippen LogP contribution in [-0.2, 0) is 4.74 Å². The van der Waals surface area contributed by atoms with Crippen LogP contribution in [0.5, 0.6) is 0 Å². The second kappa shape index (κ2) is 9.62. The van der Waals surface area contributed by atoms with Crippen LogP contribution in [-0.4, -0.2) is 43.8 Å². The maximum atomic E-state index is 12.2. The Bertz CT molecular complexity index is 887. The van der Waals surface area contributed by atoms with Gasteiger partial charge < -0.3 is 20.7 Å². The quantitative estimate of drug-likeness (QED) is 0.616. The number of rotatable bonds is 7. The summed E-state index contributed by atoms with van der Waals surface area (Å²) in [5.41, 5.74) is 1.27. The number of anilines is 2. The van der Waals surface area contributed by atoms with Crippen molar-refractivity contribution in [2.24, 2.45) is 0 Å². The molecule has 0 bridgehead atoms. The molecular weight excluding hydrogens is 416 g/mol. The molecule has 4 amide bonds. The number of hydrogen-bond donors (Lipinski definition) is 3. The first-order chi connectivity index (χ1) is 14.0. The lowest BCUT2D eigenvalue weighted by atomic mass is 10.2. The third-order valence-corrected chi connectivity index (χ3v) is 5.36. The summed E-state index contributed by atoms with van der Waals surface area (Å²) in [6.45, 7) is 3.09. The van der Waals surface area contributed by atoms with Crippen LogP contribution in [0.1, 0.15) is 23.0 Å². The largest absolute Gasteiger partial charge is 0.442 e. The molecule has 1 aromatic heterocycles. The lowest BCUT2D eigenvalue weighted by Gasteiger charge is -2.14. The zero-order valence-corrected chi connectivity index (χ0v) is 17.3. The highest BCUT2D eigenvalue weighted by Crippen LogP contribution is 2.24. The molecule has 3 rings (SSSR count). The highest BCUT2D eigenvalue weighted by Gasteiger charge is 2.32. The fourth-order valence-electron chi connectivity index (χ4n) is 2.71. The van der Waals surface area contributed by atoms with Gasteiger partial charge in [0.25, 0.3) is 5.91 Å². The van der Waals surface area contributed by atoms with Crippen molar-refractivity contribution in [3.63, 3.8) is 0 Å². The predicted octanol–water partition coefficient (Wildman–Crippen LogP) is 3.69. The Morgan fingerprint density at radius 2 is 1.97 bits per heavy atom. The summed E-state index contributed by atoms with van der Waals surface area (Å²) >= 11 is 7.02. The summed E-state index contributed by atoms with van der Waals surface area (Å²) in [6.07, 6.45) is -0.0871. The van der Waals surface area contributed by atoms with E-state index in [0.717, 1.165) is 6.42 Å². The van der Waals surface area contributed by atoms with Gasteiger partial charge >= 0.3 is 12.1 Å². The van der Waals surface area contributed by atoms with Gasteiger partial charge in [0.1, 0.15) is 6.10 Å². The van der Waals surface area contributed by atoms with Crippen molar-refractivity contribution in [2.75, 3.05) is 29.9 Å². The van der Waals surface area contributed by atoms with Gasteiger partial charge in [0.15, 0.2) is 0 Å². The number of hydrogen-bond acceptors (Lipinski definition) is 5. The summed E-state index contributed by atoms with van der Waals surface area (Å²) < 4.78 is 5.87. The Balaban J connectivity index is 1.52. The normalized spacial score (nSPS) is 15.7. The van der Waals surface area contributed by atoms with E-state index in [9.17, 15) is 14.4 Å². The van der Waals surface area contributed by atoms with Crippen LogP contribution >= 0.6 is 22.9 Å². The average molecular weight is 437 g/mol. The highest BCUT2D eigenvalue weighted by molar-refractivity contribution is 7.18. The van der Waals surface area contributed by atoms with E-state index in [2.05, 4.69) is 16.0 Å². The van der Waals surface area contributed by atoms with Gasteiger partial charge in [0, 0.05) is 17.9 Å². The number of benzene rings is 1. The minimum atomic E-state index is -0.482. The van der Waals surface area contributed by atoms with Crippen LogP contribution in [0.15, 0.2) is 36.4 Å². The number of urea groups is 1. The Morgan fingerprint density at radius 1 is 1.21 bits per heavy atom. The van der Waals surface area contributed by atoms with E-state index in [-0.39, 0.29) is 18.5 Å². The monoisotopic (exact) mass is 436 g/mol. The number of ether oxygens (including phenoxy) is 1. The second-order valence-corrected chi connectivity index (χ2v) is 8.07. The molecule has 0 radical (unpaired) electrons. The average Bonchev–Trinajstić information content (AvgIpc) is 3.31. The van der Waals surface area contributed by atoms with Crippen molar-refractivity contribution < 1.29 is 19.1 Å². The first-order valence-corrected chi connectivity index (χ1v) is 10.3. The molecule has 1 fully saturated rings. The first kappa shape index (κ1) is 20.9. The molecule has 1 atom stereocenters. The number of nitrogens with zero attached hydrogens (tertiary/aromatic N) is 1. The minimum absolute atomic E-state index is 0.202. The van der Waals surface area contributed by atoms with E-state index in [0.29, 0.717) is 33.7 Å². The molecule has 3 N–H and O–H groups in total. The van der Waals surface area contributed by atoms with Gasteiger partial charge in [0.2, 0.25) is 0 Å². The number of halogens is 1. The fourth-order valence-corrected chi connectivity index (χ4v) is 3.67. The van der Waals surface area contributed by atoms with Gasteiger partial charge in [-0.3, -0.25) is 9.69 Å². The van der Waals surface area contributed by atoms with Crippen LogP contribution < -0.4 is 20.9 Å². The number of amides is 4. The Kier molecular flexibility index (Phi) is 6.95. The molecule has 29 heavy (non-hydrogen) atoms. The van der Waals surface area contributed by atoms with Crippen molar-refractivity contribution in [1.82, 2.24) is 10.6 Å². The van der Waals surface area contributed by atoms with E-state index in [1.54, 1.807) is 36.4 Å². The smallest absolute Gasteiger partial charge is 0.414 e. The summed E-state index contributed by atoms with van der Waals surface area (Å²) in [5.74, 6) is -0.256. The van der Waals surface area contributed by atoms with Crippen LogP contribution in [0.25, 0.3) is 0 Å². The SMILES string of the molecule is CCCNC(=O)Nc1ccc(N2C[C@H](CNC(=O)c3ccc(Cl)s3)OC2=O)cc1. The van der Waals surface area contributed by atoms with Gasteiger partial charge in [-0.05, 0) is 42.8 Å². The van der Waals surface area contributed by atoms with Gasteiger partial charge in [-0.25, -0.2) is 9.59 Å². The number of thiophene rings is 1. The highest BCUT2D eigenvalue weighted by atomic mass is 35.5. The summed E-state index contributed by atoms with van der Waals surface area (Å²) in [7, 11) is 0. The molecule has 2 heterocycles. The minimum Gasteiger partial charge on any atom is -0.442 e. The molecule has 1 saturated heterocycles. The van der Waals surface area contributed by atoms with Gasteiger partial charge in [-0.2, -0.15) is 0 Å². The zero-order chi connectivity index (χ0) is 20.8. The third kappa shape index (κ3) is 5.61. The molecule has 0 aliphatic carbocycles. The number of cyclic esters (lactones) is 1. The molecule has 1 aliphatic rings. The fraction of sp³-hybridized carbons (Fsp3) is 0.316. The van der Waals surface area contributed by atoms with Crippen LogP contribution in [0.2, 0.25) is 4.34 Å². The molecule has 0 saturated carbocycles. The van der Waals surface area contributed by atoms with Gasteiger partial charge in [0.05, 0.1) is 22.3 Å². The van der Waals surface area contributed by atoms with E-state index < -0.39 is 12.2 Å². The topological polar surface area (TPSA) is 99.8 Å². The van der Waals surface area contributed by atoms with E-state index in [1.807, 2.05) is 6.92 Å². The lowest BCUT2D eigenvalue weighted by Crippen LogP contribution is -2.34. The van der Waals surface area contributed by atoms with E-state index in [4.69, 9.17) is 16.3 Å². The van der Waals surface area contributed by atoms with Crippen molar-refractivity contribution in [1.29, 1.82) is 0 Å². The first-order valence-electron chi connectivity index (χ1n) is 9.13. The lowest BCUT2D eigenvalue weighted by molar-refractivity contribution is 0.0920. The molecule has 1 aliphatic heterocycles. The van der Waals surface area contributed by atoms with Crippen molar-refractivity contribution >= 4 is 52.3 Å². The predicted molar refractivity (Wildman–Crippen MR) is 113 cm³/mol. The Hall–Kier alpha value is -2.78. The second-order valence-electron chi connectivity index (χ2n) is 6.36. The zero-order valence-electron chi connectivity index (χ0n) is 15.7. The maximum Gasteiger partial charge on any atom is 0.414 e. The standard InChI is InChI=1S/C19H21ClN4O4S/c1-2-9-21-18(26)23-12-3-5-13(6-4-12)24-11-14(28-19(24)27)10-22-17(25)15-7-8-16(20)29-15/h3-8,14H,2,9-11H2,1H3,(H,22,25)(H2,21,23,26)/t14-/m0/s1. The van der Waals surface area contributed by atoms with Gasteiger partial charge in [-0.15, -0.1) is 11.3 Å². The number of carbonyl (C=O) groups excluding carboxylic acids is 3. The number of carbonyl (C=O) groups is 3. The third-order valence-electron chi connectivity index (χ3n) is 4.13. The van der Waals surface area contributed by atoms with Crippen LogP contribution in [0.4, 0.5) is 21.0 Å². The Labute approximate surface area is 177 Å². The van der Waals surface area contributed by atoms with Crippen molar-refractivity contribution in [3.05, 3.63) is 45.6 Å². The van der Waals surface area contributed by atoms with Gasteiger partial charge in [-0.1, -0.05) is 18.5 Å².